The van der Waals surface area contributed by atoms with Crippen molar-refractivity contribution in [2.45, 2.75) is 65.9 Å². The summed E-state index contributed by atoms with van der Waals surface area (Å²) < 4.78 is 0. The lowest BCUT2D eigenvalue weighted by molar-refractivity contribution is 0.191. The fourth-order valence-corrected chi connectivity index (χ4v) is 3.08. The second-order valence-corrected chi connectivity index (χ2v) is 6.86. The molecule has 0 aromatic rings. The van der Waals surface area contributed by atoms with E-state index in [9.17, 15) is 5.11 Å². The van der Waals surface area contributed by atoms with Crippen LogP contribution in [0.5, 0.6) is 0 Å². The number of allylic oxidation sites excluding steroid dienone is 2. The van der Waals surface area contributed by atoms with Crippen molar-refractivity contribution >= 4 is 0 Å². The summed E-state index contributed by atoms with van der Waals surface area (Å²) in [5.74, 6) is 1.18. The number of hydrogen-bond acceptors (Lipinski definition) is 1. The summed E-state index contributed by atoms with van der Waals surface area (Å²) in [4.78, 5) is 0. The summed E-state index contributed by atoms with van der Waals surface area (Å²) in [6, 6.07) is 0. The largest absolute Gasteiger partial charge is 0.389 e. The predicted molar refractivity (Wildman–Crippen MR) is 79.5 cm³/mol. The molecule has 0 saturated heterocycles. The van der Waals surface area contributed by atoms with Gasteiger partial charge in [-0.1, -0.05) is 45.4 Å². The Hall–Kier alpha value is -0.560. The van der Waals surface area contributed by atoms with Crippen molar-refractivity contribution < 1.29 is 5.11 Å². The molecule has 0 heterocycles. The van der Waals surface area contributed by atoms with Gasteiger partial charge in [-0.05, 0) is 49.4 Å². The quantitative estimate of drug-likeness (QED) is 0.565. The second-order valence-electron chi connectivity index (χ2n) is 6.86. The van der Waals surface area contributed by atoms with Gasteiger partial charge in [-0.15, -0.1) is 6.58 Å². The van der Waals surface area contributed by atoms with Gasteiger partial charge >= 0.3 is 0 Å². The minimum absolute atomic E-state index is 0.202. The van der Waals surface area contributed by atoms with Crippen molar-refractivity contribution in [1.82, 2.24) is 0 Å². The van der Waals surface area contributed by atoms with Crippen LogP contribution in [0.4, 0.5) is 0 Å². The van der Waals surface area contributed by atoms with E-state index >= 15 is 0 Å². The minimum atomic E-state index is -0.278. The van der Waals surface area contributed by atoms with Crippen LogP contribution in [-0.4, -0.2) is 11.2 Å². The zero-order chi connectivity index (χ0) is 13.8. The highest BCUT2D eigenvalue weighted by molar-refractivity contribution is 5.16. The maximum Gasteiger partial charge on any atom is 0.0726 e. The van der Waals surface area contributed by atoms with Crippen molar-refractivity contribution in [2.24, 2.45) is 17.3 Å². The van der Waals surface area contributed by atoms with Crippen molar-refractivity contribution in [3.05, 3.63) is 24.3 Å². The van der Waals surface area contributed by atoms with Crippen molar-refractivity contribution in [3.63, 3.8) is 0 Å². The van der Waals surface area contributed by atoms with Crippen LogP contribution in [0.25, 0.3) is 0 Å². The summed E-state index contributed by atoms with van der Waals surface area (Å²) in [6.07, 6.45) is 9.58. The van der Waals surface area contributed by atoms with Gasteiger partial charge in [0.25, 0.3) is 0 Å². The fraction of sp³-hybridized carbons (Fsp3) is 0.765. The first-order valence-electron chi connectivity index (χ1n) is 7.37. The first kappa shape index (κ1) is 15.5. The molecular formula is C17H30O. The first-order valence-corrected chi connectivity index (χ1v) is 7.37. The first-order chi connectivity index (χ1) is 8.35. The van der Waals surface area contributed by atoms with E-state index < -0.39 is 0 Å². The van der Waals surface area contributed by atoms with E-state index in [1.165, 1.54) is 18.4 Å². The molecule has 2 unspecified atom stereocenters. The smallest absolute Gasteiger partial charge is 0.0726 e. The maximum atomic E-state index is 10.1. The fourth-order valence-electron chi connectivity index (χ4n) is 3.08. The zero-order valence-electron chi connectivity index (χ0n) is 12.6. The molecule has 1 nitrogen and oxygen atoms in total. The normalized spacial score (nSPS) is 28.1. The molecule has 0 aliphatic heterocycles. The summed E-state index contributed by atoms with van der Waals surface area (Å²) in [6.45, 7) is 12.9. The standard InChI is InChI=1S/C17H30O/c1-6-14-8-7-9-15(17(4,5)12-14)11-16(18)10-13(2)3/h6,11,13-14,16,18H,1,7-10,12H2,2-5H3/b15-11-. The van der Waals surface area contributed by atoms with Crippen molar-refractivity contribution in [3.8, 4) is 0 Å². The van der Waals surface area contributed by atoms with E-state index in [4.69, 9.17) is 0 Å². The van der Waals surface area contributed by atoms with E-state index in [2.05, 4.69) is 46.4 Å². The number of hydrogen-bond donors (Lipinski definition) is 1. The Bertz CT molecular complexity index is 299. The summed E-state index contributed by atoms with van der Waals surface area (Å²) in [7, 11) is 0. The molecular weight excluding hydrogens is 220 g/mol. The van der Waals surface area contributed by atoms with Crippen molar-refractivity contribution in [2.75, 3.05) is 0 Å². The average Bonchev–Trinajstić information content (AvgIpc) is 2.37. The Morgan fingerprint density at radius 1 is 1.44 bits per heavy atom. The third-order valence-electron chi connectivity index (χ3n) is 4.10. The minimum Gasteiger partial charge on any atom is -0.389 e. The Balaban J connectivity index is 2.79. The van der Waals surface area contributed by atoms with Gasteiger partial charge in [-0.25, -0.2) is 0 Å². The van der Waals surface area contributed by atoms with Crippen LogP contribution in [-0.2, 0) is 0 Å². The Morgan fingerprint density at radius 2 is 2.11 bits per heavy atom. The molecule has 18 heavy (non-hydrogen) atoms. The van der Waals surface area contributed by atoms with E-state index in [1.807, 2.05) is 0 Å². The molecule has 0 radical (unpaired) electrons. The lowest BCUT2D eigenvalue weighted by Gasteiger charge is -2.29. The van der Waals surface area contributed by atoms with Crippen LogP contribution in [0.1, 0.15) is 59.8 Å². The SMILES string of the molecule is C=CC1CCC/C(=C/C(O)CC(C)C)C(C)(C)C1. The summed E-state index contributed by atoms with van der Waals surface area (Å²) in [5.41, 5.74) is 1.65. The summed E-state index contributed by atoms with van der Waals surface area (Å²) >= 11 is 0. The van der Waals surface area contributed by atoms with Gasteiger partial charge in [-0.2, -0.15) is 0 Å². The Morgan fingerprint density at radius 3 is 2.67 bits per heavy atom. The van der Waals surface area contributed by atoms with Gasteiger partial charge in [-0.3, -0.25) is 0 Å². The molecule has 0 bridgehead atoms. The highest BCUT2D eigenvalue weighted by Crippen LogP contribution is 2.41. The molecule has 1 N–H and O–H groups in total. The molecule has 0 aromatic carbocycles. The highest BCUT2D eigenvalue weighted by Gasteiger charge is 2.29. The maximum absolute atomic E-state index is 10.1. The summed E-state index contributed by atoms with van der Waals surface area (Å²) in [5, 5.41) is 10.1. The third-order valence-corrected chi connectivity index (χ3v) is 4.10. The van der Waals surface area contributed by atoms with E-state index in [1.54, 1.807) is 0 Å². The van der Waals surface area contributed by atoms with Crippen LogP contribution < -0.4 is 0 Å². The highest BCUT2D eigenvalue weighted by atomic mass is 16.3. The van der Waals surface area contributed by atoms with Crippen LogP contribution in [0.2, 0.25) is 0 Å². The molecule has 2 atom stereocenters. The molecule has 1 aliphatic rings. The van der Waals surface area contributed by atoms with E-state index in [-0.39, 0.29) is 11.5 Å². The molecule has 0 aromatic heterocycles. The van der Waals surface area contributed by atoms with Crippen LogP contribution in [0.15, 0.2) is 24.3 Å². The van der Waals surface area contributed by atoms with Gasteiger partial charge in [0, 0.05) is 0 Å². The molecule has 1 saturated carbocycles. The lowest BCUT2D eigenvalue weighted by Crippen LogP contribution is -2.19. The van der Waals surface area contributed by atoms with Crippen molar-refractivity contribution in [1.29, 1.82) is 0 Å². The average molecular weight is 250 g/mol. The molecule has 1 fully saturated rings. The van der Waals surface area contributed by atoms with Gasteiger partial charge in [0.05, 0.1) is 6.10 Å². The number of rotatable bonds is 4. The lowest BCUT2D eigenvalue weighted by atomic mass is 9.77. The van der Waals surface area contributed by atoms with Crippen LogP contribution in [0.3, 0.4) is 0 Å². The van der Waals surface area contributed by atoms with Gasteiger partial charge in [0.1, 0.15) is 0 Å². The third kappa shape index (κ3) is 4.61. The van der Waals surface area contributed by atoms with E-state index in [0.29, 0.717) is 11.8 Å². The second kappa shape index (κ2) is 6.56. The number of aliphatic hydroxyl groups is 1. The molecule has 1 heteroatoms. The molecule has 1 rings (SSSR count). The van der Waals surface area contributed by atoms with Gasteiger partial charge < -0.3 is 5.11 Å². The van der Waals surface area contributed by atoms with Crippen LogP contribution >= 0.6 is 0 Å². The van der Waals surface area contributed by atoms with Gasteiger partial charge in [0.2, 0.25) is 0 Å². The Labute approximate surface area is 113 Å². The molecule has 0 amide bonds. The molecule has 104 valence electrons. The monoisotopic (exact) mass is 250 g/mol. The molecule has 0 spiro atoms. The van der Waals surface area contributed by atoms with E-state index in [0.717, 1.165) is 19.3 Å². The topological polar surface area (TPSA) is 20.2 Å². The zero-order valence-corrected chi connectivity index (χ0v) is 12.6. The Kier molecular flexibility index (Phi) is 5.65. The van der Waals surface area contributed by atoms with Crippen LogP contribution in [0, 0.1) is 17.3 Å². The predicted octanol–water partition coefficient (Wildman–Crippen LogP) is 4.72. The number of aliphatic hydroxyl groups excluding tert-OH is 1. The molecule has 1 aliphatic carbocycles. The van der Waals surface area contributed by atoms with Gasteiger partial charge in [0.15, 0.2) is 0 Å².